The highest BCUT2D eigenvalue weighted by molar-refractivity contribution is 14.1. The van der Waals surface area contributed by atoms with Gasteiger partial charge in [-0.2, -0.15) is 5.10 Å². The van der Waals surface area contributed by atoms with E-state index in [1.54, 1.807) is 4.68 Å². The van der Waals surface area contributed by atoms with Gasteiger partial charge in [0.2, 0.25) is 0 Å². The first-order chi connectivity index (χ1) is 8.65. The molecule has 94 valence electrons. The number of nitrogens with zero attached hydrogens (tertiary/aromatic N) is 2. The summed E-state index contributed by atoms with van der Waals surface area (Å²) in [5.41, 5.74) is 1.68. The standard InChI is InChI=1S/C13H14IN3O/c1-17-9-7-12(16-17)6-8-15-13(18)10-2-4-11(14)5-3-10/h2-5,7,9H,6,8H2,1H3,(H,15,18). The fourth-order valence-corrected chi connectivity index (χ4v) is 1.96. The molecule has 1 amide bonds. The monoisotopic (exact) mass is 355 g/mol. The highest BCUT2D eigenvalue weighted by Crippen LogP contribution is 2.06. The van der Waals surface area contributed by atoms with E-state index >= 15 is 0 Å². The van der Waals surface area contributed by atoms with Crippen LogP contribution in [0.25, 0.3) is 0 Å². The molecule has 0 fully saturated rings. The molecule has 0 aliphatic heterocycles. The van der Waals surface area contributed by atoms with E-state index in [4.69, 9.17) is 0 Å². The van der Waals surface area contributed by atoms with E-state index in [1.807, 2.05) is 43.6 Å². The van der Waals surface area contributed by atoms with Gasteiger partial charge in [-0.1, -0.05) is 0 Å². The summed E-state index contributed by atoms with van der Waals surface area (Å²) in [7, 11) is 1.88. The van der Waals surface area contributed by atoms with Gasteiger partial charge in [-0.25, -0.2) is 0 Å². The van der Waals surface area contributed by atoms with Crippen molar-refractivity contribution in [2.24, 2.45) is 7.05 Å². The molecule has 0 saturated carbocycles. The largest absolute Gasteiger partial charge is 0.352 e. The van der Waals surface area contributed by atoms with Crippen LogP contribution >= 0.6 is 22.6 Å². The minimum atomic E-state index is -0.0395. The average Bonchev–Trinajstić information content (AvgIpc) is 2.76. The zero-order valence-corrected chi connectivity index (χ0v) is 12.2. The fraction of sp³-hybridized carbons (Fsp3) is 0.231. The lowest BCUT2D eigenvalue weighted by atomic mass is 10.2. The molecule has 0 radical (unpaired) electrons. The van der Waals surface area contributed by atoms with Crippen molar-refractivity contribution >= 4 is 28.5 Å². The SMILES string of the molecule is Cn1ccc(CCNC(=O)c2ccc(I)cc2)n1. The Balaban J connectivity index is 1.83. The van der Waals surface area contributed by atoms with E-state index in [0.717, 1.165) is 15.7 Å². The van der Waals surface area contributed by atoms with E-state index in [-0.39, 0.29) is 5.91 Å². The summed E-state index contributed by atoms with van der Waals surface area (Å²) in [6.45, 7) is 0.599. The molecule has 0 aliphatic carbocycles. The third-order valence-corrected chi connectivity index (χ3v) is 3.26. The molecule has 2 rings (SSSR count). The zero-order valence-electron chi connectivity index (χ0n) is 10.1. The van der Waals surface area contributed by atoms with E-state index < -0.39 is 0 Å². The molecule has 0 spiro atoms. The second-order valence-electron chi connectivity index (χ2n) is 3.99. The van der Waals surface area contributed by atoms with E-state index in [9.17, 15) is 4.79 Å². The lowest BCUT2D eigenvalue weighted by Gasteiger charge is -2.04. The van der Waals surface area contributed by atoms with Crippen molar-refractivity contribution in [2.75, 3.05) is 6.54 Å². The van der Waals surface area contributed by atoms with E-state index in [0.29, 0.717) is 12.1 Å². The number of rotatable bonds is 4. The van der Waals surface area contributed by atoms with Gasteiger partial charge in [0, 0.05) is 35.3 Å². The molecule has 0 saturated heterocycles. The summed E-state index contributed by atoms with van der Waals surface area (Å²) < 4.78 is 2.88. The third-order valence-electron chi connectivity index (χ3n) is 2.54. The highest BCUT2D eigenvalue weighted by atomic mass is 127. The van der Waals surface area contributed by atoms with E-state index in [2.05, 4.69) is 33.0 Å². The normalized spacial score (nSPS) is 10.3. The number of carbonyl (C=O) groups is 1. The van der Waals surface area contributed by atoms with Crippen LogP contribution in [0.15, 0.2) is 36.5 Å². The number of benzene rings is 1. The van der Waals surface area contributed by atoms with Gasteiger partial charge >= 0.3 is 0 Å². The van der Waals surface area contributed by atoms with Crippen LogP contribution in [0, 0.1) is 3.57 Å². The first-order valence-electron chi connectivity index (χ1n) is 5.67. The lowest BCUT2D eigenvalue weighted by molar-refractivity contribution is 0.0954. The van der Waals surface area contributed by atoms with Gasteiger partial charge in [0.15, 0.2) is 0 Å². The van der Waals surface area contributed by atoms with Crippen molar-refractivity contribution in [3.05, 3.63) is 51.4 Å². The Bertz CT molecular complexity index is 533. The quantitative estimate of drug-likeness (QED) is 0.853. The predicted molar refractivity (Wildman–Crippen MR) is 78.4 cm³/mol. The van der Waals surface area contributed by atoms with Gasteiger partial charge < -0.3 is 5.32 Å². The summed E-state index contributed by atoms with van der Waals surface area (Å²) in [4.78, 5) is 11.8. The molecule has 0 unspecified atom stereocenters. The van der Waals surface area contributed by atoms with Crippen LogP contribution in [0.1, 0.15) is 16.1 Å². The molecule has 2 aromatic rings. The summed E-state index contributed by atoms with van der Waals surface area (Å²) in [6, 6.07) is 9.47. The highest BCUT2D eigenvalue weighted by Gasteiger charge is 2.04. The summed E-state index contributed by atoms with van der Waals surface area (Å²) in [5, 5.41) is 7.14. The number of hydrogen-bond acceptors (Lipinski definition) is 2. The van der Waals surface area contributed by atoms with Crippen molar-refractivity contribution in [2.45, 2.75) is 6.42 Å². The number of hydrogen-bond donors (Lipinski definition) is 1. The van der Waals surface area contributed by atoms with Gasteiger partial charge in [-0.3, -0.25) is 9.48 Å². The number of carbonyl (C=O) groups excluding carboxylic acids is 1. The first-order valence-corrected chi connectivity index (χ1v) is 6.75. The molecule has 1 N–H and O–H groups in total. The van der Waals surface area contributed by atoms with Gasteiger partial charge in [0.05, 0.1) is 5.69 Å². The Labute approximate surface area is 120 Å². The van der Waals surface area contributed by atoms with Crippen molar-refractivity contribution in [3.8, 4) is 0 Å². The molecule has 1 heterocycles. The number of aromatic nitrogens is 2. The Morgan fingerprint density at radius 3 is 2.67 bits per heavy atom. The molecule has 5 heteroatoms. The molecule has 4 nitrogen and oxygen atoms in total. The minimum Gasteiger partial charge on any atom is -0.352 e. The van der Waals surface area contributed by atoms with Crippen molar-refractivity contribution in [1.82, 2.24) is 15.1 Å². The molecule has 0 atom stereocenters. The summed E-state index contributed by atoms with van der Waals surface area (Å²) >= 11 is 2.22. The van der Waals surface area contributed by atoms with Crippen LogP contribution in [-0.2, 0) is 13.5 Å². The van der Waals surface area contributed by atoms with Gasteiger partial charge in [-0.15, -0.1) is 0 Å². The maximum Gasteiger partial charge on any atom is 0.251 e. The minimum absolute atomic E-state index is 0.0395. The molecule has 0 bridgehead atoms. The van der Waals surface area contributed by atoms with E-state index in [1.165, 1.54) is 0 Å². The summed E-state index contributed by atoms with van der Waals surface area (Å²) in [6.07, 6.45) is 2.65. The molecule has 1 aromatic heterocycles. The number of halogens is 1. The maximum atomic E-state index is 11.8. The van der Waals surface area contributed by atoms with Crippen LogP contribution in [0.2, 0.25) is 0 Å². The molecule has 0 aliphatic rings. The second kappa shape index (κ2) is 5.99. The Hall–Kier alpha value is -1.37. The number of aryl methyl sites for hydroxylation is 1. The molecule has 1 aromatic carbocycles. The van der Waals surface area contributed by atoms with Crippen molar-refractivity contribution < 1.29 is 4.79 Å². The smallest absolute Gasteiger partial charge is 0.251 e. The average molecular weight is 355 g/mol. The number of nitrogens with one attached hydrogen (secondary N) is 1. The van der Waals surface area contributed by atoms with Crippen molar-refractivity contribution in [1.29, 1.82) is 0 Å². The Morgan fingerprint density at radius 2 is 2.06 bits per heavy atom. The lowest BCUT2D eigenvalue weighted by Crippen LogP contribution is -2.25. The van der Waals surface area contributed by atoms with Crippen LogP contribution in [-0.4, -0.2) is 22.2 Å². The topological polar surface area (TPSA) is 46.9 Å². The maximum absolute atomic E-state index is 11.8. The Kier molecular flexibility index (Phi) is 4.35. The van der Waals surface area contributed by atoms with Crippen LogP contribution in [0.5, 0.6) is 0 Å². The second-order valence-corrected chi connectivity index (χ2v) is 5.24. The molecular formula is C13H14IN3O. The fourth-order valence-electron chi connectivity index (χ4n) is 1.60. The zero-order chi connectivity index (χ0) is 13.0. The van der Waals surface area contributed by atoms with Crippen LogP contribution in [0.4, 0.5) is 0 Å². The predicted octanol–water partition coefficient (Wildman–Crippen LogP) is 2.00. The summed E-state index contributed by atoms with van der Waals surface area (Å²) in [5.74, 6) is -0.0395. The van der Waals surface area contributed by atoms with Gasteiger partial charge in [-0.05, 0) is 52.9 Å². The third kappa shape index (κ3) is 3.56. The molecule has 18 heavy (non-hydrogen) atoms. The number of amides is 1. The van der Waals surface area contributed by atoms with Gasteiger partial charge in [0.1, 0.15) is 0 Å². The Morgan fingerprint density at radius 1 is 1.33 bits per heavy atom. The van der Waals surface area contributed by atoms with Crippen LogP contribution in [0.3, 0.4) is 0 Å². The first kappa shape index (κ1) is 13.1. The van der Waals surface area contributed by atoms with Crippen molar-refractivity contribution in [3.63, 3.8) is 0 Å². The van der Waals surface area contributed by atoms with Crippen LogP contribution < -0.4 is 5.32 Å². The molecular weight excluding hydrogens is 341 g/mol. The van der Waals surface area contributed by atoms with Gasteiger partial charge in [0.25, 0.3) is 5.91 Å².